The highest BCUT2D eigenvalue weighted by atomic mass is 32.2. The summed E-state index contributed by atoms with van der Waals surface area (Å²) in [5.41, 5.74) is -0.301. The van der Waals surface area contributed by atoms with Crippen LogP contribution in [0.4, 0.5) is 26.3 Å². The lowest BCUT2D eigenvalue weighted by atomic mass is 10.1. The van der Waals surface area contributed by atoms with Gasteiger partial charge in [-0.25, -0.2) is 22.9 Å². The van der Waals surface area contributed by atoms with Crippen LogP contribution in [0.1, 0.15) is 18.5 Å². The van der Waals surface area contributed by atoms with E-state index in [1.54, 1.807) is 12.1 Å². The number of hydrogen-bond acceptors (Lipinski definition) is 6. The zero-order valence-electron chi connectivity index (χ0n) is 17.4. The highest BCUT2D eigenvalue weighted by Crippen LogP contribution is 2.37. The molecule has 0 amide bonds. The third-order valence-corrected chi connectivity index (χ3v) is 7.87. The molecule has 192 valence electrons. The number of carboxylic acid groups (broad SMARTS) is 1. The summed E-state index contributed by atoms with van der Waals surface area (Å²) in [5, 5.41) is 7.41. The van der Waals surface area contributed by atoms with Gasteiger partial charge >= 0.3 is 18.3 Å². The van der Waals surface area contributed by atoms with Crippen LogP contribution < -0.4 is 4.72 Å². The standard InChI is InChI=1S/C17H16F3N3O3S2.C2HF3O2/c18-17(19,20)14-9-12-11(3-6-21-16(12)22-14)13-1-2-15(27-13)28(24,25)23-10-4-7-26-8-5-10;3-2(4,5)1(6)7/h1-3,6,9-10,23H,4-5,7-8H2,(H,21,22);(H,6,7). The Kier molecular flexibility index (Phi) is 7.78. The minimum absolute atomic E-state index is 0.1000. The average Bonchev–Trinajstić information content (AvgIpc) is 3.41. The Labute approximate surface area is 198 Å². The van der Waals surface area contributed by atoms with Crippen LogP contribution in [-0.2, 0) is 25.7 Å². The summed E-state index contributed by atoms with van der Waals surface area (Å²) in [5.74, 6) is -2.76. The summed E-state index contributed by atoms with van der Waals surface area (Å²) in [7, 11) is -3.71. The van der Waals surface area contributed by atoms with Gasteiger partial charge in [-0.15, -0.1) is 11.3 Å². The number of aromatic nitrogens is 2. The van der Waals surface area contributed by atoms with Crippen LogP contribution in [0.15, 0.2) is 34.7 Å². The fourth-order valence-corrected chi connectivity index (χ4v) is 5.76. The number of aliphatic carboxylic acids is 1. The van der Waals surface area contributed by atoms with E-state index >= 15 is 0 Å². The molecular formula is C19H17F6N3O5S2. The second-order valence-corrected chi connectivity index (χ2v) is 10.3. The van der Waals surface area contributed by atoms with Gasteiger partial charge in [0.05, 0.1) is 0 Å². The Bertz CT molecular complexity index is 1290. The van der Waals surface area contributed by atoms with E-state index in [0.29, 0.717) is 36.5 Å². The van der Waals surface area contributed by atoms with E-state index in [0.717, 1.165) is 17.4 Å². The van der Waals surface area contributed by atoms with Gasteiger partial charge in [0.15, 0.2) is 0 Å². The predicted molar refractivity (Wildman–Crippen MR) is 112 cm³/mol. The van der Waals surface area contributed by atoms with Gasteiger partial charge < -0.3 is 14.8 Å². The SMILES string of the molecule is O=C(O)C(F)(F)F.O=S(=O)(NC1CCOCC1)c1ccc(-c2ccnc3[nH]c(C(F)(F)F)cc23)s1. The lowest BCUT2D eigenvalue weighted by Crippen LogP contribution is -2.38. The first kappa shape index (κ1) is 26.9. The number of hydrogen-bond donors (Lipinski definition) is 3. The van der Waals surface area contributed by atoms with Crippen molar-refractivity contribution in [3.05, 3.63) is 36.2 Å². The number of carboxylic acids is 1. The highest BCUT2D eigenvalue weighted by Gasteiger charge is 2.38. The zero-order valence-corrected chi connectivity index (χ0v) is 19.0. The largest absolute Gasteiger partial charge is 0.490 e. The molecule has 0 aromatic carbocycles. The molecule has 1 aliphatic rings. The summed E-state index contributed by atoms with van der Waals surface area (Å²) in [6, 6.07) is 5.44. The number of thiophene rings is 1. The van der Waals surface area contributed by atoms with Gasteiger partial charge in [0.1, 0.15) is 15.6 Å². The van der Waals surface area contributed by atoms with Crippen molar-refractivity contribution in [2.45, 2.75) is 35.4 Å². The molecule has 4 heterocycles. The number of carbonyl (C=O) groups is 1. The van der Waals surface area contributed by atoms with Crippen molar-refractivity contribution in [2.75, 3.05) is 13.2 Å². The van der Waals surface area contributed by atoms with Crippen molar-refractivity contribution in [3.63, 3.8) is 0 Å². The van der Waals surface area contributed by atoms with Crippen molar-refractivity contribution in [1.82, 2.24) is 14.7 Å². The molecule has 1 aliphatic heterocycles. The van der Waals surface area contributed by atoms with Gasteiger partial charge in [0.2, 0.25) is 10.0 Å². The Morgan fingerprint density at radius 2 is 1.77 bits per heavy atom. The van der Waals surface area contributed by atoms with Crippen molar-refractivity contribution in [3.8, 4) is 10.4 Å². The molecule has 1 saturated heterocycles. The molecule has 4 rings (SSSR count). The number of halogens is 6. The van der Waals surface area contributed by atoms with Gasteiger partial charge in [-0.3, -0.25) is 0 Å². The van der Waals surface area contributed by atoms with Crippen LogP contribution in [0, 0.1) is 0 Å². The first-order valence-corrected chi connectivity index (χ1v) is 12.0. The lowest BCUT2D eigenvalue weighted by Gasteiger charge is -2.22. The zero-order chi connectivity index (χ0) is 26.0. The van der Waals surface area contributed by atoms with Crippen LogP contribution in [-0.4, -0.2) is 54.9 Å². The summed E-state index contributed by atoms with van der Waals surface area (Å²) >= 11 is 1.01. The molecule has 8 nitrogen and oxygen atoms in total. The van der Waals surface area contributed by atoms with E-state index in [-0.39, 0.29) is 21.3 Å². The molecule has 0 saturated carbocycles. The fraction of sp³-hybridized carbons (Fsp3) is 0.368. The average molecular weight is 545 g/mol. The molecule has 3 N–H and O–H groups in total. The fourth-order valence-electron chi connectivity index (χ4n) is 3.10. The van der Waals surface area contributed by atoms with Gasteiger partial charge in [0.25, 0.3) is 0 Å². The number of H-pyrrole nitrogens is 1. The van der Waals surface area contributed by atoms with Crippen LogP contribution >= 0.6 is 11.3 Å². The minimum Gasteiger partial charge on any atom is -0.475 e. The second kappa shape index (κ2) is 10.1. The normalized spacial score (nSPS) is 15.6. The smallest absolute Gasteiger partial charge is 0.475 e. The second-order valence-electron chi connectivity index (χ2n) is 7.23. The summed E-state index contributed by atoms with van der Waals surface area (Å²) < 4.78 is 104. The first-order valence-electron chi connectivity index (χ1n) is 9.74. The summed E-state index contributed by atoms with van der Waals surface area (Å²) in [4.78, 5) is 15.6. The van der Waals surface area contributed by atoms with E-state index in [1.165, 1.54) is 12.3 Å². The summed E-state index contributed by atoms with van der Waals surface area (Å²) in [6.45, 7) is 1.01. The molecule has 35 heavy (non-hydrogen) atoms. The topological polar surface area (TPSA) is 121 Å². The molecule has 3 aromatic rings. The van der Waals surface area contributed by atoms with Crippen LogP contribution in [0.3, 0.4) is 0 Å². The Balaban J connectivity index is 0.000000429. The highest BCUT2D eigenvalue weighted by molar-refractivity contribution is 7.91. The third-order valence-electron chi connectivity index (χ3n) is 4.73. The van der Waals surface area contributed by atoms with Crippen LogP contribution in [0.5, 0.6) is 0 Å². The Morgan fingerprint density at radius 1 is 1.14 bits per heavy atom. The number of nitrogens with one attached hydrogen (secondary N) is 2. The van der Waals surface area contributed by atoms with E-state index in [9.17, 15) is 34.8 Å². The number of alkyl halides is 6. The van der Waals surface area contributed by atoms with Crippen molar-refractivity contribution in [1.29, 1.82) is 0 Å². The molecule has 16 heteroatoms. The Hall–Kier alpha value is -2.69. The Morgan fingerprint density at radius 3 is 2.34 bits per heavy atom. The molecular weight excluding hydrogens is 528 g/mol. The number of nitrogens with zero attached hydrogens (tertiary/aromatic N) is 1. The first-order chi connectivity index (χ1) is 16.2. The number of fused-ring (bicyclic) bond motifs is 1. The van der Waals surface area contributed by atoms with E-state index in [1.807, 2.05) is 0 Å². The van der Waals surface area contributed by atoms with E-state index < -0.39 is 34.0 Å². The number of ether oxygens (including phenoxy) is 1. The van der Waals surface area contributed by atoms with Crippen LogP contribution in [0.2, 0.25) is 0 Å². The monoisotopic (exact) mass is 545 g/mol. The maximum absolute atomic E-state index is 13.0. The number of sulfonamides is 1. The van der Waals surface area contributed by atoms with Gasteiger partial charge in [-0.2, -0.15) is 26.3 Å². The maximum atomic E-state index is 13.0. The quantitative estimate of drug-likeness (QED) is 0.418. The molecule has 0 aliphatic carbocycles. The molecule has 0 unspecified atom stereocenters. The van der Waals surface area contributed by atoms with E-state index in [2.05, 4.69) is 14.7 Å². The lowest BCUT2D eigenvalue weighted by molar-refractivity contribution is -0.192. The summed E-state index contributed by atoms with van der Waals surface area (Å²) in [6.07, 6.45) is -7.00. The molecule has 0 bridgehead atoms. The van der Waals surface area contributed by atoms with E-state index in [4.69, 9.17) is 14.6 Å². The van der Waals surface area contributed by atoms with Crippen molar-refractivity contribution < 1.29 is 49.4 Å². The number of rotatable bonds is 4. The van der Waals surface area contributed by atoms with Crippen LogP contribution in [0.25, 0.3) is 21.5 Å². The third kappa shape index (κ3) is 6.71. The number of aromatic amines is 1. The van der Waals surface area contributed by atoms with Crippen molar-refractivity contribution in [2.24, 2.45) is 0 Å². The van der Waals surface area contributed by atoms with Gasteiger partial charge in [-0.1, -0.05) is 0 Å². The minimum atomic E-state index is -5.08. The van der Waals surface area contributed by atoms with Gasteiger partial charge in [0, 0.05) is 41.3 Å². The molecule has 0 atom stereocenters. The molecule has 3 aromatic heterocycles. The van der Waals surface area contributed by atoms with Crippen molar-refractivity contribution >= 4 is 38.4 Å². The molecule has 1 fully saturated rings. The molecule has 0 spiro atoms. The van der Waals surface area contributed by atoms with Gasteiger partial charge in [-0.05, 0) is 37.1 Å². The maximum Gasteiger partial charge on any atom is 0.490 e. The predicted octanol–water partition coefficient (Wildman–Crippen LogP) is 4.40. The molecule has 0 radical (unpaired) electrons. The number of pyridine rings is 1.